The summed E-state index contributed by atoms with van der Waals surface area (Å²) in [5.41, 5.74) is 2.93. The number of hydrogen-bond donors (Lipinski definition) is 1. The van der Waals surface area contributed by atoms with Crippen LogP contribution in [0.2, 0.25) is 0 Å². The lowest BCUT2D eigenvalue weighted by molar-refractivity contribution is 0.0698. The van der Waals surface area contributed by atoms with E-state index in [0.717, 1.165) is 11.3 Å². The Morgan fingerprint density at radius 3 is 2.81 bits per heavy atom. The maximum Gasteiger partial charge on any atom is 0.337 e. The molecular formula is C16H16N2O2S. The Morgan fingerprint density at radius 1 is 1.38 bits per heavy atom. The van der Waals surface area contributed by atoms with Crippen molar-refractivity contribution in [3.63, 3.8) is 0 Å². The first-order valence-electron chi connectivity index (χ1n) is 6.81. The summed E-state index contributed by atoms with van der Waals surface area (Å²) in [6.45, 7) is 4.80. The highest BCUT2D eigenvalue weighted by Gasteiger charge is 2.19. The summed E-state index contributed by atoms with van der Waals surface area (Å²) >= 11 is 1.64. The van der Waals surface area contributed by atoms with Crippen LogP contribution in [0.1, 0.15) is 41.5 Å². The SMILES string of the molecule is CC(C)c1nc2cccc(C(=O)O)c2n1Cc1ccsc1. The monoisotopic (exact) mass is 300 g/mol. The van der Waals surface area contributed by atoms with E-state index < -0.39 is 5.97 Å². The van der Waals surface area contributed by atoms with Gasteiger partial charge in [0.05, 0.1) is 23.1 Å². The Kier molecular flexibility index (Phi) is 3.51. The van der Waals surface area contributed by atoms with Crippen molar-refractivity contribution in [3.05, 3.63) is 52.0 Å². The predicted molar refractivity (Wildman–Crippen MR) is 84.2 cm³/mol. The zero-order valence-electron chi connectivity index (χ0n) is 11.9. The van der Waals surface area contributed by atoms with E-state index in [2.05, 4.69) is 30.3 Å². The zero-order chi connectivity index (χ0) is 15.0. The van der Waals surface area contributed by atoms with E-state index in [-0.39, 0.29) is 5.92 Å². The van der Waals surface area contributed by atoms with Gasteiger partial charge in [-0.1, -0.05) is 19.9 Å². The van der Waals surface area contributed by atoms with Crippen molar-refractivity contribution in [1.29, 1.82) is 0 Å². The van der Waals surface area contributed by atoms with Gasteiger partial charge in [0.1, 0.15) is 5.82 Å². The van der Waals surface area contributed by atoms with Crippen LogP contribution in [0.15, 0.2) is 35.0 Å². The summed E-state index contributed by atoms with van der Waals surface area (Å²) in [7, 11) is 0. The Bertz CT molecular complexity index is 788. The van der Waals surface area contributed by atoms with Crippen LogP contribution in [0.4, 0.5) is 0 Å². The van der Waals surface area contributed by atoms with Crippen molar-refractivity contribution < 1.29 is 9.90 Å². The number of thiophene rings is 1. The number of para-hydroxylation sites is 1. The van der Waals surface area contributed by atoms with Gasteiger partial charge < -0.3 is 9.67 Å². The standard InChI is InChI=1S/C16H16N2O2S/c1-10(2)15-17-13-5-3-4-12(16(19)20)14(13)18(15)8-11-6-7-21-9-11/h3-7,9-10H,8H2,1-2H3,(H,19,20). The molecule has 0 bridgehead atoms. The van der Waals surface area contributed by atoms with Gasteiger partial charge in [-0.05, 0) is 34.5 Å². The number of carboxylic acid groups (broad SMARTS) is 1. The smallest absolute Gasteiger partial charge is 0.337 e. The normalized spacial score (nSPS) is 11.4. The molecule has 5 heteroatoms. The van der Waals surface area contributed by atoms with Crippen molar-refractivity contribution in [2.45, 2.75) is 26.3 Å². The largest absolute Gasteiger partial charge is 0.478 e. The lowest BCUT2D eigenvalue weighted by Crippen LogP contribution is -2.08. The fourth-order valence-corrected chi connectivity index (χ4v) is 3.20. The second-order valence-corrected chi connectivity index (χ2v) is 6.10. The third kappa shape index (κ3) is 2.45. The van der Waals surface area contributed by atoms with Gasteiger partial charge in [-0.2, -0.15) is 11.3 Å². The molecule has 0 amide bonds. The quantitative estimate of drug-likeness (QED) is 0.793. The van der Waals surface area contributed by atoms with Gasteiger partial charge in [0.15, 0.2) is 0 Å². The lowest BCUT2D eigenvalue weighted by atomic mass is 10.1. The minimum atomic E-state index is -0.914. The molecule has 108 valence electrons. The maximum atomic E-state index is 11.5. The van der Waals surface area contributed by atoms with E-state index in [0.29, 0.717) is 17.6 Å². The van der Waals surface area contributed by atoms with E-state index >= 15 is 0 Å². The molecule has 0 spiro atoms. The molecule has 0 saturated heterocycles. The van der Waals surface area contributed by atoms with Crippen LogP contribution in [-0.4, -0.2) is 20.6 Å². The average molecular weight is 300 g/mol. The number of imidazole rings is 1. The van der Waals surface area contributed by atoms with Gasteiger partial charge >= 0.3 is 5.97 Å². The first-order valence-corrected chi connectivity index (χ1v) is 7.75. The molecule has 2 heterocycles. The summed E-state index contributed by atoms with van der Waals surface area (Å²) in [4.78, 5) is 16.1. The molecule has 0 aliphatic heterocycles. The molecule has 3 rings (SSSR count). The minimum Gasteiger partial charge on any atom is -0.478 e. The number of carbonyl (C=O) groups is 1. The fraction of sp³-hybridized carbons (Fsp3) is 0.250. The van der Waals surface area contributed by atoms with E-state index in [4.69, 9.17) is 0 Å². The average Bonchev–Trinajstić information content (AvgIpc) is 3.07. The van der Waals surface area contributed by atoms with Crippen molar-refractivity contribution in [2.24, 2.45) is 0 Å². The van der Waals surface area contributed by atoms with Gasteiger partial charge in [0.2, 0.25) is 0 Å². The summed E-state index contributed by atoms with van der Waals surface area (Å²) in [6, 6.07) is 7.32. The molecule has 0 saturated carbocycles. The first-order chi connectivity index (χ1) is 10.1. The molecule has 4 nitrogen and oxygen atoms in total. The summed E-state index contributed by atoms with van der Waals surface area (Å²) < 4.78 is 2.03. The molecule has 0 aliphatic carbocycles. The van der Waals surface area contributed by atoms with E-state index in [1.807, 2.05) is 16.0 Å². The van der Waals surface area contributed by atoms with Crippen LogP contribution < -0.4 is 0 Å². The second-order valence-electron chi connectivity index (χ2n) is 5.32. The van der Waals surface area contributed by atoms with Gasteiger partial charge in [-0.15, -0.1) is 0 Å². The predicted octanol–water partition coefficient (Wildman–Crippen LogP) is 3.97. The minimum absolute atomic E-state index is 0.234. The van der Waals surface area contributed by atoms with Crippen LogP contribution in [-0.2, 0) is 6.54 Å². The van der Waals surface area contributed by atoms with E-state index in [1.165, 1.54) is 5.56 Å². The van der Waals surface area contributed by atoms with Crippen molar-refractivity contribution >= 4 is 28.3 Å². The molecule has 0 radical (unpaired) electrons. The van der Waals surface area contributed by atoms with E-state index in [9.17, 15) is 9.90 Å². The van der Waals surface area contributed by atoms with Gasteiger partial charge in [-0.25, -0.2) is 9.78 Å². The highest BCUT2D eigenvalue weighted by molar-refractivity contribution is 7.07. The number of aromatic carboxylic acids is 1. The summed E-state index contributed by atoms with van der Waals surface area (Å²) in [6.07, 6.45) is 0. The lowest BCUT2D eigenvalue weighted by Gasteiger charge is -2.11. The van der Waals surface area contributed by atoms with Crippen molar-refractivity contribution in [1.82, 2.24) is 9.55 Å². The third-order valence-electron chi connectivity index (χ3n) is 3.46. The number of nitrogens with zero attached hydrogens (tertiary/aromatic N) is 2. The van der Waals surface area contributed by atoms with Crippen LogP contribution in [0.5, 0.6) is 0 Å². The second kappa shape index (κ2) is 5.33. The first kappa shape index (κ1) is 13.8. The molecular weight excluding hydrogens is 284 g/mol. The van der Waals surface area contributed by atoms with Crippen LogP contribution in [0, 0.1) is 0 Å². The number of aromatic nitrogens is 2. The topological polar surface area (TPSA) is 55.1 Å². The number of carboxylic acids is 1. The molecule has 2 aromatic heterocycles. The number of rotatable bonds is 4. The third-order valence-corrected chi connectivity index (χ3v) is 4.20. The van der Waals surface area contributed by atoms with Crippen LogP contribution in [0.3, 0.4) is 0 Å². The molecule has 1 aromatic carbocycles. The van der Waals surface area contributed by atoms with Crippen molar-refractivity contribution in [2.75, 3.05) is 0 Å². The van der Waals surface area contributed by atoms with Gasteiger partial charge in [0, 0.05) is 5.92 Å². The number of fused-ring (bicyclic) bond motifs is 1. The molecule has 0 fully saturated rings. The van der Waals surface area contributed by atoms with Crippen LogP contribution in [0.25, 0.3) is 11.0 Å². The molecule has 0 aliphatic rings. The molecule has 0 atom stereocenters. The molecule has 21 heavy (non-hydrogen) atoms. The number of hydrogen-bond acceptors (Lipinski definition) is 3. The fourth-order valence-electron chi connectivity index (χ4n) is 2.54. The number of benzene rings is 1. The Morgan fingerprint density at radius 2 is 2.19 bits per heavy atom. The van der Waals surface area contributed by atoms with Crippen molar-refractivity contribution in [3.8, 4) is 0 Å². The zero-order valence-corrected chi connectivity index (χ0v) is 12.7. The highest BCUT2D eigenvalue weighted by atomic mass is 32.1. The highest BCUT2D eigenvalue weighted by Crippen LogP contribution is 2.26. The molecule has 3 aromatic rings. The Balaban J connectivity index is 2.26. The van der Waals surface area contributed by atoms with Gasteiger partial charge in [0.25, 0.3) is 0 Å². The Hall–Kier alpha value is -2.14. The summed E-state index contributed by atoms with van der Waals surface area (Å²) in [5, 5.41) is 13.6. The maximum absolute atomic E-state index is 11.5. The molecule has 1 N–H and O–H groups in total. The summed E-state index contributed by atoms with van der Waals surface area (Å²) in [5.74, 6) is 0.241. The van der Waals surface area contributed by atoms with Crippen LogP contribution >= 0.6 is 11.3 Å². The Labute approximate surface area is 126 Å². The van der Waals surface area contributed by atoms with E-state index in [1.54, 1.807) is 23.5 Å². The molecule has 0 unspecified atom stereocenters. The van der Waals surface area contributed by atoms with Gasteiger partial charge in [-0.3, -0.25) is 0 Å².